The SMILES string of the molecule is CC(C)CCOOC(=O)C(C)O. The second kappa shape index (κ2) is 5.97. The Morgan fingerprint density at radius 3 is 2.42 bits per heavy atom. The van der Waals surface area contributed by atoms with Gasteiger partial charge in [0.1, 0.15) is 0 Å². The molecule has 4 nitrogen and oxygen atoms in total. The Morgan fingerprint density at radius 2 is 2.00 bits per heavy atom. The Morgan fingerprint density at radius 1 is 1.42 bits per heavy atom. The minimum absolute atomic E-state index is 0.371. The van der Waals surface area contributed by atoms with E-state index in [1.54, 1.807) is 0 Å². The molecule has 72 valence electrons. The van der Waals surface area contributed by atoms with Crippen LogP contribution in [0.25, 0.3) is 0 Å². The zero-order valence-corrected chi connectivity index (χ0v) is 7.74. The number of aliphatic hydroxyl groups excluding tert-OH is 1. The summed E-state index contributed by atoms with van der Waals surface area (Å²) in [6, 6.07) is 0. The summed E-state index contributed by atoms with van der Waals surface area (Å²) in [5, 5.41) is 8.67. The van der Waals surface area contributed by atoms with Gasteiger partial charge in [0, 0.05) is 0 Å². The third kappa shape index (κ3) is 6.12. The Labute approximate surface area is 72.4 Å². The van der Waals surface area contributed by atoms with E-state index in [4.69, 9.17) is 5.11 Å². The van der Waals surface area contributed by atoms with Crippen LogP contribution in [0, 0.1) is 5.92 Å². The predicted molar refractivity (Wildman–Crippen MR) is 43.2 cm³/mol. The van der Waals surface area contributed by atoms with Crippen molar-refractivity contribution in [3.05, 3.63) is 0 Å². The van der Waals surface area contributed by atoms with Crippen LogP contribution in [0.4, 0.5) is 0 Å². The molecule has 12 heavy (non-hydrogen) atoms. The second-order valence-electron chi connectivity index (χ2n) is 3.08. The van der Waals surface area contributed by atoms with E-state index in [0.717, 1.165) is 6.42 Å². The van der Waals surface area contributed by atoms with Crippen LogP contribution in [-0.4, -0.2) is 23.8 Å². The van der Waals surface area contributed by atoms with Gasteiger partial charge in [-0.15, -0.1) is 0 Å². The normalized spacial score (nSPS) is 13.1. The summed E-state index contributed by atoms with van der Waals surface area (Å²) in [4.78, 5) is 19.4. The molecule has 0 aliphatic rings. The quantitative estimate of drug-likeness (QED) is 0.384. The summed E-state index contributed by atoms with van der Waals surface area (Å²) < 4.78 is 0. The molecule has 0 spiro atoms. The molecular weight excluding hydrogens is 160 g/mol. The topological polar surface area (TPSA) is 55.8 Å². The lowest BCUT2D eigenvalue weighted by atomic mass is 10.1. The van der Waals surface area contributed by atoms with Gasteiger partial charge in [-0.25, -0.2) is 4.79 Å². The van der Waals surface area contributed by atoms with Crippen molar-refractivity contribution in [3.8, 4) is 0 Å². The van der Waals surface area contributed by atoms with Crippen molar-refractivity contribution in [2.24, 2.45) is 5.92 Å². The van der Waals surface area contributed by atoms with Crippen LogP contribution in [-0.2, 0) is 14.6 Å². The Hall–Kier alpha value is -0.610. The molecule has 0 aromatic carbocycles. The van der Waals surface area contributed by atoms with Crippen molar-refractivity contribution in [1.29, 1.82) is 0 Å². The molecule has 1 atom stereocenters. The van der Waals surface area contributed by atoms with Crippen LogP contribution in [0.15, 0.2) is 0 Å². The van der Waals surface area contributed by atoms with E-state index in [0.29, 0.717) is 12.5 Å². The molecule has 1 unspecified atom stereocenters. The van der Waals surface area contributed by atoms with Crippen LogP contribution in [0.5, 0.6) is 0 Å². The number of carbonyl (C=O) groups excluding carboxylic acids is 1. The maximum Gasteiger partial charge on any atom is 0.370 e. The van der Waals surface area contributed by atoms with Crippen molar-refractivity contribution in [3.63, 3.8) is 0 Å². The van der Waals surface area contributed by atoms with Gasteiger partial charge in [0.15, 0.2) is 6.10 Å². The van der Waals surface area contributed by atoms with Crippen LogP contribution in [0.3, 0.4) is 0 Å². The molecule has 0 amide bonds. The summed E-state index contributed by atoms with van der Waals surface area (Å²) >= 11 is 0. The number of carbonyl (C=O) groups is 1. The fourth-order valence-corrected chi connectivity index (χ4v) is 0.453. The molecule has 0 rings (SSSR count). The molecule has 1 N–H and O–H groups in total. The highest BCUT2D eigenvalue weighted by molar-refractivity contribution is 5.73. The molecule has 0 saturated heterocycles. The molecule has 0 aromatic heterocycles. The van der Waals surface area contributed by atoms with Gasteiger partial charge in [0.05, 0.1) is 6.61 Å². The Balaban J connectivity index is 3.26. The minimum atomic E-state index is -1.12. The molecule has 0 aliphatic carbocycles. The average Bonchev–Trinajstić information content (AvgIpc) is 1.97. The summed E-state index contributed by atoms with van der Waals surface area (Å²) in [6.45, 7) is 5.78. The number of aliphatic hydroxyl groups is 1. The molecule has 4 heteroatoms. The summed E-state index contributed by atoms with van der Waals surface area (Å²) in [5.74, 6) is -0.242. The van der Waals surface area contributed by atoms with Gasteiger partial charge in [-0.2, -0.15) is 4.89 Å². The highest BCUT2D eigenvalue weighted by atomic mass is 17.2. The van der Waals surface area contributed by atoms with E-state index in [2.05, 4.69) is 9.78 Å². The maximum absolute atomic E-state index is 10.6. The smallest absolute Gasteiger partial charge is 0.370 e. The third-order valence-corrected chi connectivity index (χ3v) is 1.26. The van der Waals surface area contributed by atoms with Crippen molar-refractivity contribution in [1.82, 2.24) is 0 Å². The largest absolute Gasteiger partial charge is 0.382 e. The lowest BCUT2D eigenvalue weighted by Crippen LogP contribution is -2.19. The highest BCUT2D eigenvalue weighted by Crippen LogP contribution is 1.99. The Kier molecular flexibility index (Phi) is 5.66. The van der Waals surface area contributed by atoms with Crippen LogP contribution in [0.1, 0.15) is 27.2 Å². The first kappa shape index (κ1) is 11.4. The zero-order valence-electron chi connectivity index (χ0n) is 7.74. The van der Waals surface area contributed by atoms with Gasteiger partial charge in [-0.1, -0.05) is 13.8 Å². The molecule has 0 aromatic rings. The fourth-order valence-electron chi connectivity index (χ4n) is 0.453. The van der Waals surface area contributed by atoms with E-state index >= 15 is 0 Å². The standard InChI is InChI=1S/C8H16O4/c1-6(2)4-5-11-12-8(10)7(3)9/h6-7,9H,4-5H2,1-3H3. The van der Waals surface area contributed by atoms with E-state index in [1.165, 1.54) is 6.92 Å². The first-order valence-corrected chi connectivity index (χ1v) is 4.05. The van der Waals surface area contributed by atoms with Gasteiger partial charge in [-0.05, 0) is 19.3 Å². The van der Waals surface area contributed by atoms with E-state index in [-0.39, 0.29) is 0 Å². The van der Waals surface area contributed by atoms with Crippen molar-refractivity contribution in [2.45, 2.75) is 33.3 Å². The average molecular weight is 176 g/mol. The van der Waals surface area contributed by atoms with Crippen LogP contribution < -0.4 is 0 Å². The Bertz CT molecular complexity index is 131. The third-order valence-electron chi connectivity index (χ3n) is 1.26. The first-order valence-electron chi connectivity index (χ1n) is 4.05. The van der Waals surface area contributed by atoms with Crippen molar-refractivity contribution >= 4 is 5.97 Å². The first-order chi connectivity index (χ1) is 5.54. The molecule has 0 heterocycles. The molecule has 0 bridgehead atoms. The highest BCUT2D eigenvalue weighted by Gasteiger charge is 2.10. The van der Waals surface area contributed by atoms with E-state index in [9.17, 15) is 4.79 Å². The van der Waals surface area contributed by atoms with Crippen LogP contribution in [0.2, 0.25) is 0 Å². The molecule has 0 fully saturated rings. The van der Waals surface area contributed by atoms with E-state index < -0.39 is 12.1 Å². The molecule has 0 aliphatic heterocycles. The van der Waals surface area contributed by atoms with Crippen molar-refractivity contribution < 1.29 is 19.7 Å². The zero-order chi connectivity index (χ0) is 9.56. The molecule has 0 saturated carbocycles. The predicted octanol–water partition coefficient (Wildman–Crippen LogP) is 0.888. The van der Waals surface area contributed by atoms with Gasteiger partial charge < -0.3 is 5.11 Å². The summed E-state index contributed by atoms with van der Waals surface area (Å²) in [5.41, 5.74) is 0. The van der Waals surface area contributed by atoms with Crippen molar-refractivity contribution in [2.75, 3.05) is 6.61 Å². The molecule has 0 radical (unpaired) electrons. The fraction of sp³-hybridized carbons (Fsp3) is 0.875. The maximum atomic E-state index is 10.6. The number of rotatable bonds is 5. The van der Waals surface area contributed by atoms with Gasteiger partial charge >= 0.3 is 5.97 Å². The molecular formula is C8H16O4. The lowest BCUT2D eigenvalue weighted by molar-refractivity contribution is -0.279. The van der Waals surface area contributed by atoms with Gasteiger partial charge in [-0.3, -0.25) is 4.89 Å². The number of hydrogen-bond acceptors (Lipinski definition) is 4. The minimum Gasteiger partial charge on any atom is -0.382 e. The summed E-state index contributed by atoms with van der Waals surface area (Å²) in [7, 11) is 0. The van der Waals surface area contributed by atoms with E-state index in [1.807, 2.05) is 13.8 Å². The summed E-state index contributed by atoms with van der Waals surface area (Å²) in [6.07, 6.45) is -0.295. The van der Waals surface area contributed by atoms with Gasteiger partial charge in [0.2, 0.25) is 0 Å². The van der Waals surface area contributed by atoms with Gasteiger partial charge in [0.25, 0.3) is 0 Å². The lowest BCUT2D eigenvalue weighted by Gasteiger charge is -2.06. The monoisotopic (exact) mass is 176 g/mol. The number of hydrogen-bond donors (Lipinski definition) is 1. The van der Waals surface area contributed by atoms with Crippen LogP contribution >= 0.6 is 0 Å². The second-order valence-corrected chi connectivity index (χ2v) is 3.08.